The van der Waals surface area contributed by atoms with Gasteiger partial charge in [-0.2, -0.15) is 5.10 Å². The number of carbonyl (C=O) groups excluding carboxylic acids is 2. The van der Waals surface area contributed by atoms with Gasteiger partial charge in [0.25, 0.3) is 11.8 Å². The molecule has 0 radical (unpaired) electrons. The molecule has 0 spiro atoms. The minimum atomic E-state index is -0.286. The van der Waals surface area contributed by atoms with Crippen LogP contribution in [-0.2, 0) is 13.1 Å². The molecular formula is C26H29N5O2. The molecule has 0 saturated carbocycles. The number of hydrogen-bond donors (Lipinski definition) is 3. The number of aryl methyl sites for hydroxylation is 4. The molecule has 170 valence electrons. The Labute approximate surface area is 193 Å². The second kappa shape index (κ2) is 8.94. The number of amides is 2. The highest BCUT2D eigenvalue weighted by atomic mass is 16.2. The van der Waals surface area contributed by atoms with Gasteiger partial charge in [0.15, 0.2) is 0 Å². The van der Waals surface area contributed by atoms with E-state index >= 15 is 0 Å². The molecule has 7 nitrogen and oxygen atoms in total. The van der Waals surface area contributed by atoms with Crippen LogP contribution in [0, 0.1) is 27.7 Å². The zero-order valence-corrected chi connectivity index (χ0v) is 19.7. The van der Waals surface area contributed by atoms with Crippen molar-refractivity contribution in [2.75, 3.05) is 5.32 Å². The Bertz CT molecular complexity index is 1360. The zero-order valence-electron chi connectivity index (χ0n) is 19.7. The number of anilines is 1. The molecule has 2 heterocycles. The van der Waals surface area contributed by atoms with Gasteiger partial charge in [-0.3, -0.25) is 14.3 Å². The van der Waals surface area contributed by atoms with Crippen molar-refractivity contribution < 1.29 is 9.59 Å². The van der Waals surface area contributed by atoms with E-state index in [1.807, 2.05) is 75.7 Å². The number of benzene rings is 2. The average molecular weight is 444 g/mol. The third-order valence-electron chi connectivity index (χ3n) is 5.96. The van der Waals surface area contributed by atoms with Crippen LogP contribution < -0.4 is 10.6 Å². The van der Waals surface area contributed by atoms with Gasteiger partial charge in [0.1, 0.15) is 5.69 Å². The van der Waals surface area contributed by atoms with Crippen LogP contribution in [0.3, 0.4) is 0 Å². The highest BCUT2D eigenvalue weighted by molar-refractivity contribution is 6.15. The summed E-state index contributed by atoms with van der Waals surface area (Å²) in [5.74, 6) is -0.544. The summed E-state index contributed by atoms with van der Waals surface area (Å²) in [7, 11) is 0. The summed E-state index contributed by atoms with van der Waals surface area (Å²) >= 11 is 0. The second-order valence-electron chi connectivity index (χ2n) is 8.40. The molecule has 2 aromatic carbocycles. The third kappa shape index (κ3) is 4.39. The summed E-state index contributed by atoms with van der Waals surface area (Å²) in [6.45, 7) is 11.0. The number of nitrogens with one attached hydrogen (secondary N) is 3. The zero-order chi connectivity index (χ0) is 23.7. The van der Waals surface area contributed by atoms with Crippen molar-refractivity contribution in [2.45, 2.75) is 47.7 Å². The van der Waals surface area contributed by atoms with Crippen LogP contribution in [0.1, 0.15) is 55.8 Å². The molecule has 0 aliphatic carbocycles. The number of fused-ring (bicyclic) bond motifs is 1. The number of aromatic amines is 1. The molecule has 0 aliphatic heterocycles. The van der Waals surface area contributed by atoms with E-state index in [4.69, 9.17) is 0 Å². The van der Waals surface area contributed by atoms with Crippen LogP contribution in [0.25, 0.3) is 10.9 Å². The van der Waals surface area contributed by atoms with Crippen LogP contribution >= 0.6 is 0 Å². The Kier molecular flexibility index (Phi) is 6.05. The van der Waals surface area contributed by atoms with Crippen LogP contribution in [0.15, 0.2) is 42.5 Å². The van der Waals surface area contributed by atoms with Crippen LogP contribution in [0.2, 0.25) is 0 Å². The van der Waals surface area contributed by atoms with E-state index in [9.17, 15) is 9.59 Å². The molecule has 0 bridgehead atoms. The molecular weight excluding hydrogens is 414 g/mol. The van der Waals surface area contributed by atoms with Crippen molar-refractivity contribution in [2.24, 2.45) is 0 Å². The molecule has 0 aliphatic rings. The maximum atomic E-state index is 13.2. The minimum absolute atomic E-state index is 0.258. The van der Waals surface area contributed by atoms with Crippen LogP contribution in [0.5, 0.6) is 0 Å². The monoisotopic (exact) mass is 443 g/mol. The first-order chi connectivity index (χ1) is 15.8. The number of hydrogen-bond acceptors (Lipinski definition) is 3. The van der Waals surface area contributed by atoms with E-state index < -0.39 is 0 Å². The molecule has 0 unspecified atom stereocenters. The van der Waals surface area contributed by atoms with E-state index in [-0.39, 0.29) is 11.8 Å². The lowest BCUT2D eigenvalue weighted by Crippen LogP contribution is -2.25. The maximum absolute atomic E-state index is 13.2. The summed E-state index contributed by atoms with van der Waals surface area (Å²) in [6, 6.07) is 13.2. The lowest BCUT2D eigenvalue weighted by atomic mass is 10.1. The number of rotatable bonds is 6. The van der Waals surface area contributed by atoms with Gasteiger partial charge >= 0.3 is 0 Å². The highest BCUT2D eigenvalue weighted by Gasteiger charge is 2.21. The molecule has 0 fully saturated rings. The van der Waals surface area contributed by atoms with E-state index in [0.29, 0.717) is 23.5 Å². The quantitative estimate of drug-likeness (QED) is 0.400. The first-order valence-electron chi connectivity index (χ1n) is 11.1. The molecule has 2 aromatic heterocycles. The summed E-state index contributed by atoms with van der Waals surface area (Å²) in [4.78, 5) is 29.4. The lowest BCUT2D eigenvalue weighted by molar-refractivity contribution is 0.0947. The van der Waals surface area contributed by atoms with E-state index in [1.54, 1.807) is 6.07 Å². The third-order valence-corrected chi connectivity index (χ3v) is 5.96. The van der Waals surface area contributed by atoms with Crippen LogP contribution in [-0.4, -0.2) is 26.6 Å². The largest absolute Gasteiger partial charge is 0.349 e. The number of carbonyl (C=O) groups is 2. The fraction of sp³-hybridized carbons (Fsp3) is 0.269. The molecule has 4 rings (SSSR count). The smallest absolute Gasteiger partial charge is 0.270 e. The predicted octanol–water partition coefficient (Wildman–Crippen LogP) is 4.80. The van der Waals surface area contributed by atoms with Gasteiger partial charge in [-0.05, 0) is 58.9 Å². The van der Waals surface area contributed by atoms with Gasteiger partial charge in [-0.25, -0.2) is 0 Å². The van der Waals surface area contributed by atoms with Crippen LogP contribution in [0.4, 0.5) is 5.69 Å². The molecule has 0 saturated heterocycles. The van der Waals surface area contributed by atoms with E-state index in [2.05, 4.69) is 20.7 Å². The summed E-state index contributed by atoms with van der Waals surface area (Å²) in [5, 5.41) is 11.3. The number of aromatic nitrogens is 3. The molecule has 4 aromatic rings. The van der Waals surface area contributed by atoms with E-state index in [0.717, 1.165) is 45.5 Å². The van der Waals surface area contributed by atoms with Gasteiger partial charge < -0.3 is 15.6 Å². The van der Waals surface area contributed by atoms with Crippen molar-refractivity contribution in [3.63, 3.8) is 0 Å². The fourth-order valence-corrected chi connectivity index (χ4v) is 4.13. The average Bonchev–Trinajstić information content (AvgIpc) is 3.28. The van der Waals surface area contributed by atoms with E-state index in [1.165, 1.54) is 0 Å². The molecule has 3 N–H and O–H groups in total. The standard InChI is InChI=1S/C26H29N5O2/c1-6-31-18(5)21(17(4)30-31)14-27-26(33)24-23(20-13-16(3)10-11-22(20)28-24)29-25(32)19-9-7-8-15(2)12-19/h7-13,28H,6,14H2,1-5H3,(H,27,33)(H,29,32). The van der Waals surface area contributed by atoms with Gasteiger partial charge in [-0.15, -0.1) is 0 Å². The van der Waals surface area contributed by atoms with Crippen molar-refractivity contribution in [1.82, 2.24) is 20.1 Å². The molecule has 33 heavy (non-hydrogen) atoms. The van der Waals surface area contributed by atoms with Gasteiger partial charge in [0, 0.05) is 40.8 Å². The second-order valence-corrected chi connectivity index (χ2v) is 8.40. The first-order valence-corrected chi connectivity index (χ1v) is 11.1. The normalized spacial score (nSPS) is 11.1. The minimum Gasteiger partial charge on any atom is -0.349 e. The summed E-state index contributed by atoms with van der Waals surface area (Å²) in [6.07, 6.45) is 0. The Morgan fingerprint density at radius 2 is 1.76 bits per heavy atom. The van der Waals surface area contributed by atoms with Crippen molar-refractivity contribution in [3.8, 4) is 0 Å². The number of nitrogens with zero attached hydrogens (tertiary/aromatic N) is 2. The topological polar surface area (TPSA) is 91.8 Å². The highest BCUT2D eigenvalue weighted by Crippen LogP contribution is 2.29. The lowest BCUT2D eigenvalue weighted by Gasteiger charge is -2.10. The molecule has 0 atom stereocenters. The Morgan fingerprint density at radius 1 is 1.00 bits per heavy atom. The van der Waals surface area contributed by atoms with Gasteiger partial charge in [0.05, 0.1) is 11.4 Å². The Morgan fingerprint density at radius 3 is 2.45 bits per heavy atom. The summed E-state index contributed by atoms with van der Waals surface area (Å²) in [5.41, 5.74) is 7.11. The Balaban J connectivity index is 1.66. The maximum Gasteiger partial charge on any atom is 0.270 e. The van der Waals surface area contributed by atoms with Gasteiger partial charge in [-0.1, -0.05) is 29.3 Å². The van der Waals surface area contributed by atoms with Crippen molar-refractivity contribution >= 4 is 28.4 Å². The SMILES string of the molecule is CCn1nc(C)c(CNC(=O)c2[nH]c3ccc(C)cc3c2NC(=O)c2cccc(C)c2)c1C. The fourth-order valence-electron chi connectivity index (χ4n) is 4.13. The van der Waals surface area contributed by atoms with Gasteiger partial charge in [0.2, 0.25) is 0 Å². The molecule has 7 heteroatoms. The summed E-state index contributed by atoms with van der Waals surface area (Å²) < 4.78 is 1.93. The first kappa shape index (κ1) is 22.3. The van der Waals surface area contributed by atoms with Crippen molar-refractivity contribution in [3.05, 3.63) is 81.8 Å². The Hall–Kier alpha value is -3.87. The number of H-pyrrole nitrogens is 1. The predicted molar refractivity (Wildman–Crippen MR) is 131 cm³/mol. The molecule has 2 amide bonds. The van der Waals surface area contributed by atoms with Crippen molar-refractivity contribution in [1.29, 1.82) is 0 Å².